The summed E-state index contributed by atoms with van der Waals surface area (Å²) in [5, 5.41) is 13.7. The summed E-state index contributed by atoms with van der Waals surface area (Å²) in [5.74, 6) is 0. The number of nitrogens with zero attached hydrogens (tertiary/aromatic N) is 2. The van der Waals surface area contributed by atoms with Crippen molar-refractivity contribution >= 4 is 48.0 Å². The second-order valence-electron chi connectivity index (χ2n) is 4.33. The van der Waals surface area contributed by atoms with Crippen LogP contribution in [-0.2, 0) is 0 Å². The van der Waals surface area contributed by atoms with Crippen LogP contribution in [0.1, 0.15) is 18.0 Å². The quantitative estimate of drug-likeness (QED) is 0.897. The standard InChI is InChI=1S/C13H15Cl2N3.2ClH/c14-10-1-2-12(15)11(9-10)13(3-4-16)18-7-5-17-6-8-18;;/h1-2,9,13,17H,3,5-8H2;2*1H/t13-;;/m0../s1. The van der Waals surface area contributed by atoms with Crippen LogP contribution in [0.15, 0.2) is 18.2 Å². The van der Waals surface area contributed by atoms with Gasteiger partial charge in [-0.1, -0.05) is 23.2 Å². The highest BCUT2D eigenvalue weighted by atomic mass is 35.5. The van der Waals surface area contributed by atoms with Crippen LogP contribution in [0.3, 0.4) is 0 Å². The Labute approximate surface area is 142 Å². The van der Waals surface area contributed by atoms with E-state index in [4.69, 9.17) is 28.5 Å². The molecular weight excluding hydrogens is 340 g/mol. The van der Waals surface area contributed by atoms with Crippen LogP contribution in [0.25, 0.3) is 0 Å². The average molecular weight is 357 g/mol. The molecule has 1 aliphatic rings. The minimum atomic E-state index is 0. The smallest absolute Gasteiger partial charge is 0.0641 e. The molecule has 0 unspecified atom stereocenters. The molecule has 20 heavy (non-hydrogen) atoms. The summed E-state index contributed by atoms with van der Waals surface area (Å²) in [4.78, 5) is 2.29. The Balaban J connectivity index is 0.00000180. The molecule has 1 N–H and O–H groups in total. The van der Waals surface area contributed by atoms with Crippen molar-refractivity contribution in [3.05, 3.63) is 33.8 Å². The molecule has 0 amide bonds. The molecule has 0 bridgehead atoms. The summed E-state index contributed by atoms with van der Waals surface area (Å²) in [6, 6.07) is 7.72. The minimum Gasteiger partial charge on any atom is -0.314 e. The number of nitrogens with one attached hydrogen (secondary N) is 1. The maximum atomic E-state index is 9.02. The molecule has 1 fully saturated rings. The number of hydrogen-bond donors (Lipinski definition) is 1. The summed E-state index contributed by atoms with van der Waals surface area (Å²) in [6.45, 7) is 3.74. The zero-order valence-electron chi connectivity index (χ0n) is 10.8. The fourth-order valence-electron chi connectivity index (χ4n) is 2.29. The zero-order valence-corrected chi connectivity index (χ0v) is 14.0. The molecule has 0 spiro atoms. The van der Waals surface area contributed by atoms with Gasteiger partial charge in [-0.25, -0.2) is 0 Å². The fourth-order valence-corrected chi connectivity index (χ4v) is 2.71. The monoisotopic (exact) mass is 355 g/mol. The normalized spacial score (nSPS) is 16.4. The Morgan fingerprint density at radius 1 is 1.25 bits per heavy atom. The van der Waals surface area contributed by atoms with Crippen LogP contribution in [0, 0.1) is 11.3 Å². The van der Waals surface area contributed by atoms with Crippen molar-refractivity contribution in [2.75, 3.05) is 26.2 Å². The van der Waals surface area contributed by atoms with Gasteiger partial charge >= 0.3 is 0 Å². The molecular formula is C13H17Cl4N3. The van der Waals surface area contributed by atoms with E-state index in [2.05, 4.69) is 16.3 Å². The van der Waals surface area contributed by atoms with Crippen LogP contribution in [0.2, 0.25) is 10.0 Å². The topological polar surface area (TPSA) is 39.1 Å². The van der Waals surface area contributed by atoms with Gasteiger partial charge in [0.2, 0.25) is 0 Å². The van der Waals surface area contributed by atoms with E-state index in [9.17, 15) is 0 Å². The molecule has 0 radical (unpaired) electrons. The fraction of sp³-hybridized carbons (Fsp3) is 0.462. The Hall–Kier alpha value is -0.210. The van der Waals surface area contributed by atoms with Gasteiger partial charge in [0.05, 0.1) is 12.5 Å². The van der Waals surface area contributed by atoms with Gasteiger partial charge in [0, 0.05) is 42.3 Å². The first-order chi connectivity index (χ1) is 8.72. The van der Waals surface area contributed by atoms with Crippen LogP contribution in [-0.4, -0.2) is 31.1 Å². The first-order valence-electron chi connectivity index (χ1n) is 5.99. The number of benzene rings is 1. The lowest BCUT2D eigenvalue weighted by Crippen LogP contribution is -2.45. The summed E-state index contributed by atoms with van der Waals surface area (Å²) in [7, 11) is 0. The maximum Gasteiger partial charge on any atom is 0.0641 e. The molecule has 3 nitrogen and oxygen atoms in total. The second-order valence-corrected chi connectivity index (χ2v) is 5.17. The molecule has 1 aromatic carbocycles. The van der Waals surface area contributed by atoms with E-state index in [1.807, 2.05) is 6.07 Å². The molecule has 1 saturated heterocycles. The van der Waals surface area contributed by atoms with Gasteiger partial charge in [0.1, 0.15) is 0 Å². The summed E-state index contributed by atoms with van der Waals surface area (Å²) < 4.78 is 0. The molecule has 1 aliphatic heterocycles. The van der Waals surface area contributed by atoms with Gasteiger partial charge in [-0.15, -0.1) is 24.8 Å². The second kappa shape index (κ2) is 9.68. The molecule has 1 heterocycles. The van der Waals surface area contributed by atoms with Crippen molar-refractivity contribution in [2.45, 2.75) is 12.5 Å². The van der Waals surface area contributed by atoms with Crippen molar-refractivity contribution in [1.82, 2.24) is 10.2 Å². The summed E-state index contributed by atoms with van der Waals surface area (Å²) >= 11 is 12.3. The third kappa shape index (κ3) is 4.96. The number of rotatable bonds is 3. The Kier molecular flexibility index (Phi) is 9.58. The molecule has 7 heteroatoms. The Morgan fingerprint density at radius 2 is 1.90 bits per heavy atom. The molecule has 112 valence electrons. The highest BCUT2D eigenvalue weighted by Gasteiger charge is 2.23. The van der Waals surface area contributed by atoms with Crippen molar-refractivity contribution in [3.63, 3.8) is 0 Å². The predicted molar refractivity (Wildman–Crippen MR) is 88.4 cm³/mol. The van der Waals surface area contributed by atoms with E-state index >= 15 is 0 Å². The number of hydrogen-bond acceptors (Lipinski definition) is 3. The lowest BCUT2D eigenvalue weighted by molar-refractivity contribution is 0.175. The number of nitriles is 1. The first kappa shape index (κ1) is 19.8. The van der Waals surface area contributed by atoms with E-state index in [1.165, 1.54) is 0 Å². The Bertz CT molecular complexity index is 455. The molecule has 2 rings (SSSR count). The van der Waals surface area contributed by atoms with Crippen molar-refractivity contribution < 1.29 is 0 Å². The predicted octanol–water partition coefficient (Wildman–Crippen LogP) is 3.70. The van der Waals surface area contributed by atoms with Gasteiger partial charge in [-0.05, 0) is 23.8 Å². The molecule has 1 atom stereocenters. The van der Waals surface area contributed by atoms with Gasteiger partial charge in [0.25, 0.3) is 0 Å². The van der Waals surface area contributed by atoms with Crippen molar-refractivity contribution in [3.8, 4) is 6.07 Å². The molecule has 0 aromatic heterocycles. The van der Waals surface area contributed by atoms with Gasteiger partial charge in [0.15, 0.2) is 0 Å². The molecule has 0 aliphatic carbocycles. The van der Waals surface area contributed by atoms with Gasteiger partial charge in [-0.3, -0.25) is 4.90 Å². The van der Waals surface area contributed by atoms with E-state index in [0.717, 1.165) is 31.7 Å². The largest absolute Gasteiger partial charge is 0.314 e. The number of piperazine rings is 1. The number of halogens is 4. The van der Waals surface area contributed by atoms with Crippen molar-refractivity contribution in [2.24, 2.45) is 0 Å². The first-order valence-corrected chi connectivity index (χ1v) is 6.74. The van der Waals surface area contributed by atoms with E-state index in [0.29, 0.717) is 16.5 Å². The van der Waals surface area contributed by atoms with Gasteiger partial charge in [-0.2, -0.15) is 5.26 Å². The van der Waals surface area contributed by atoms with Crippen LogP contribution in [0.4, 0.5) is 0 Å². The lowest BCUT2D eigenvalue weighted by Gasteiger charge is -2.34. The van der Waals surface area contributed by atoms with E-state index in [1.54, 1.807) is 12.1 Å². The molecule has 1 aromatic rings. The zero-order chi connectivity index (χ0) is 13.0. The van der Waals surface area contributed by atoms with E-state index < -0.39 is 0 Å². The third-order valence-electron chi connectivity index (χ3n) is 3.19. The van der Waals surface area contributed by atoms with Crippen LogP contribution >= 0.6 is 48.0 Å². The average Bonchev–Trinajstić information content (AvgIpc) is 2.40. The highest BCUT2D eigenvalue weighted by molar-refractivity contribution is 6.33. The maximum absolute atomic E-state index is 9.02. The van der Waals surface area contributed by atoms with Crippen LogP contribution < -0.4 is 5.32 Å². The van der Waals surface area contributed by atoms with Gasteiger partial charge < -0.3 is 5.32 Å². The molecule has 0 saturated carbocycles. The summed E-state index contributed by atoms with van der Waals surface area (Å²) in [5.41, 5.74) is 0.951. The summed E-state index contributed by atoms with van der Waals surface area (Å²) in [6.07, 6.45) is 0.431. The van der Waals surface area contributed by atoms with Crippen molar-refractivity contribution in [1.29, 1.82) is 5.26 Å². The van der Waals surface area contributed by atoms with Crippen LogP contribution in [0.5, 0.6) is 0 Å². The van der Waals surface area contributed by atoms with E-state index in [-0.39, 0.29) is 30.9 Å². The lowest BCUT2D eigenvalue weighted by atomic mass is 10.0. The highest BCUT2D eigenvalue weighted by Crippen LogP contribution is 2.32. The SMILES string of the molecule is Cl.Cl.N#CC[C@@H](c1cc(Cl)ccc1Cl)N1CCNCC1. The Morgan fingerprint density at radius 3 is 2.50 bits per heavy atom. The minimum absolute atomic E-state index is 0. The third-order valence-corrected chi connectivity index (χ3v) is 3.77.